The summed E-state index contributed by atoms with van der Waals surface area (Å²) in [6, 6.07) is 3.95. The third kappa shape index (κ3) is 2.63. The van der Waals surface area contributed by atoms with Crippen LogP contribution in [0.4, 0.5) is 13.2 Å². The van der Waals surface area contributed by atoms with Crippen LogP contribution >= 0.6 is 0 Å². The SMILES string of the molecule is O=S(=O)(Oc1ccc2ncc3c(c2c1)CCCC3)C(F)(F)F. The van der Waals surface area contributed by atoms with Gasteiger partial charge in [-0.3, -0.25) is 4.98 Å². The van der Waals surface area contributed by atoms with Crippen molar-refractivity contribution in [2.45, 2.75) is 31.2 Å². The van der Waals surface area contributed by atoms with Crippen LogP contribution in [0.5, 0.6) is 5.75 Å². The zero-order chi connectivity index (χ0) is 16.0. The van der Waals surface area contributed by atoms with E-state index in [2.05, 4.69) is 9.17 Å². The van der Waals surface area contributed by atoms with Crippen LogP contribution in [0.15, 0.2) is 24.4 Å². The molecule has 1 aromatic heterocycles. The van der Waals surface area contributed by atoms with E-state index in [4.69, 9.17) is 0 Å². The largest absolute Gasteiger partial charge is 0.534 e. The van der Waals surface area contributed by atoms with E-state index in [-0.39, 0.29) is 5.75 Å². The van der Waals surface area contributed by atoms with E-state index in [1.165, 1.54) is 18.2 Å². The van der Waals surface area contributed by atoms with E-state index in [9.17, 15) is 21.6 Å². The highest BCUT2D eigenvalue weighted by molar-refractivity contribution is 7.88. The maximum absolute atomic E-state index is 12.4. The van der Waals surface area contributed by atoms with Crippen molar-refractivity contribution in [2.24, 2.45) is 0 Å². The van der Waals surface area contributed by atoms with Gasteiger partial charge in [0.05, 0.1) is 5.52 Å². The van der Waals surface area contributed by atoms with Crippen LogP contribution in [0.3, 0.4) is 0 Å². The Labute approximate surface area is 125 Å². The normalized spacial score (nSPS) is 15.6. The molecule has 1 aromatic carbocycles. The number of nitrogens with zero attached hydrogens (tertiary/aromatic N) is 1. The smallest absolute Gasteiger partial charge is 0.376 e. The molecule has 0 aliphatic heterocycles. The molecule has 2 aromatic rings. The molecular formula is C14H12F3NO3S. The molecule has 3 rings (SSSR count). The van der Waals surface area contributed by atoms with E-state index in [0.29, 0.717) is 10.9 Å². The number of aryl methyl sites for hydroxylation is 2. The predicted molar refractivity (Wildman–Crippen MR) is 74.0 cm³/mol. The van der Waals surface area contributed by atoms with E-state index >= 15 is 0 Å². The van der Waals surface area contributed by atoms with Crippen molar-refractivity contribution in [3.8, 4) is 5.75 Å². The highest BCUT2D eigenvalue weighted by Crippen LogP contribution is 2.32. The lowest BCUT2D eigenvalue weighted by Gasteiger charge is -2.17. The molecule has 1 aliphatic carbocycles. The lowest BCUT2D eigenvalue weighted by molar-refractivity contribution is -0.0500. The molecule has 4 nitrogen and oxygen atoms in total. The Morgan fingerprint density at radius 2 is 1.86 bits per heavy atom. The maximum atomic E-state index is 12.4. The molecule has 0 atom stereocenters. The van der Waals surface area contributed by atoms with Gasteiger partial charge >= 0.3 is 15.6 Å². The summed E-state index contributed by atoms with van der Waals surface area (Å²) in [5, 5.41) is 0.645. The molecule has 22 heavy (non-hydrogen) atoms. The number of aromatic nitrogens is 1. The van der Waals surface area contributed by atoms with E-state index in [1.807, 2.05) is 0 Å². The summed E-state index contributed by atoms with van der Waals surface area (Å²) in [5.74, 6) is -0.356. The average Bonchev–Trinajstić information content (AvgIpc) is 2.45. The number of hydrogen-bond acceptors (Lipinski definition) is 4. The topological polar surface area (TPSA) is 56.3 Å². The van der Waals surface area contributed by atoms with Crippen LogP contribution < -0.4 is 4.18 Å². The maximum Gasteiger partial charge on any atom is 0.534 e. The van der Waals surface area contributed by atoms with Crippen molar-refractivity contribution >= 4 is 21.0 Å². The molecule has 118 valence electrons. The summed E-state index contributed by atoms with van der Waals surface area (Å²) in [6.07, 6.45) is 5.45. The van der Waals surface area contributed by atoms with Gasteiger partial charge in [-0.1, -0.05) is 0 Å². The first-order chi connectivity index (χ1) is 10.3. The summed E-state index contributed by atoms with van der Waals surface area (Å²) in [5.41, 5.74) is -2.78. The summed E-state index contributed by atoms with van der Waals surface area (Å²) in [6.45, 7) is 0. The van der Waals surface area contributed by atoms with E-state index in [1.54, 1.807) is 6.20 Å². The Balaban J connectivity index is 2.06. The zero-order valence-electron chi connectivity index (χ0n) is 11.4. The van der Waals surface area contributed by atoms with Gasteiger partial charge in [0.1, 0.15) is 5.75 Å². The van der Waals surface area contributed by atoms with Gasteiger partial charge in [-0.05, 0) is 55.0 Å². The van der Waals surface area contributed by atoms with Crippen molar-refractivity contribution in [3.63, 3.8) is 0 Å². The van der Waals surface area contributed by atoms with Gasteiger partial charge in [0, 0.05) is 11.6 Å². The summed E-state index contributed by atoms with van der Waals surface area (Å²) >= 11 is 0. The lowest BCUT2D eigenvalue weighted by atomic mass is 9.90. The van der Waals surface area contributed by atoms with Crippen LogP contribution in [0.25, 0.3) is 10.9 Å². The number of hydrogen-bond donors (Lipinski definition) is 0. The molecule has 1 heterocycles. The fourth-order valence-electron chi connectivity index (χ4n) is 2.62. The Morgan fingerprint density at radius 3 is 2.59 bits per heavy atom. The second-order valence-corrected chi connectivity index (χ2v) is 6.67. The minimum atomic E-state index is -5.66. The van der Waals surface area contributed by atoms with Gasteiger partial charge in [0.2, 0.25) is 0 Å². The monoisotopic (exact) mass is 331 g/mol. The second kappa shape index (κ2) is 5.12. The van der Waals surface area contributed by atoms with Crippen LogP contribution in [0, 0.1) is 0 Å². The number of fused-ring (bicyclic) bond motifs is 3. The molecule has 8 heteroatoms. The molecule has 0 saturated heterocycles. The van der Waals surface area contributed by atoms with Crippen LogP contribution in [0.1, 0.15) is 24.0 Å². The van der Waals surface area contributed by atoms with Crippen LogP contribution in [0.2, 0.25) is 0 Å². The molecule has 0 amide bonds. The van der Waals surface area contributed by atoms with E-state index in [0.717, 1.165) is 36.8 Å². The molecule has 0 spiro atoms. The number of alkyl halides is 3. The van der Waals surface area contributed by atoms with Gasteiger partial charge in [0.15, 0.2) is 0 Å². The lowest BCUT2D eigenvalue weighted by Crippen LogP contribution is -2.28. The van der Waals surface area contributed by atoms with Crippen LogP contribution in [-0.2, 0) is 23.0 Å². The first-order valence-corrected chi connectivity index (χ1v) is 8.10. The minimum absolute atomic E-state index is 0.356. The fraction of sp³-hybridized carbons (Fsp3) is 0.357. The number of benzene rings is 1. The number of halogens is 3. The zero-order valence-corrected chi connectivity index (χ0v) is 12.2. The molecule has 0 bridgehead atoms. The van der Waals surface area contributed by atoms with Gasteiger partial charge in [0.25, 0.3) is 0 Å². The van der Waals surface area contributed by atoms with Gasteiger partial charge in [-0.15, -0.1) is 0 Å². The molecule has 0 fully saturated rings. The van der Waals surface area contributed by atoms with Crippen molar-refractivity contribution in [2.75, 3.05) is 0 Å². The summed E-state index contributed by atoms with van der Waals surface area (Å²) in [4.78, 5) is 4.25. The molecular weight excluding hydrogens is 319 g/mol. The Bertz CT molecular complexity index is 831. The number of rotatable bonds is 2. The Kier molecular flexibility index (Phi) is 3.51. The second-order valence-electron chi connectivity index (χ2n) is 5.13. The van der Waals surface area contributed by atoms with Crippen LogP contribution in [-0.4, -0.2) is 18.9 Å². The molecule has 0 N–H and O–H groups in total. The Morgan fingerprint density at radius 1 is 1.14 bits per heavy atom. The average molecular weight is 331 g/mol. The standard InChI is InChI=1S/C14H12F3NO3S/c15-14(16,17)22(19,20)21-10-5-6-13-12(7-10)11-4-2-1-3-9(11)8-18-13/h5-8H,1-4H2. The first kappa shape index (κ1) is 15.1. The van der Waals surface area contributed by atoms with Crippen molar-refractivity contribution in [1.82, 2.24) is 4.98 Å². The number of pyridine rings is 1. The predicted octanol–water partition coefficient (Wildman–Crippen LogP) is 3.34. The van der Waals surface area contributed by atoms with Gasteiger partial charge in [-0.25, -0.2) is 0 Å². The molecule has 0 unspecified atom stereocenters. The minimum Gasteiger partial charge on any atom is -0.376 e. The summed E-state index contributed by atoms with van der Waals surface area (Å²) < 4.78 is 63.5. The Hall–Kier alpha value is -1.83. The molecule has 0 radical (unpaired) electrons. The quantitative estimate of drug-likeness (QED) is 0.625. The van der Waals surface area contributed by atoms with Gasteiger partial charge < -0.3 is 4.18 Å². The molecule has 0 saturated carbocycles. The van der Waals surface area contributed by atoms with Crippen molar-refractivity contribution < 1.29 is 25.8 Å². The third-order valence-corrected chi connectivity index (χ3v) is 4.63. The fourth-order valence-corrected chi connectivity index (χ4v) is 3.07. The summed E-state index contributed by atoms with van der Waals surface area (Å²) in [7, 11) is -5.66. The third-order valence-electron chi connectivity index (χ3n) is 3.65. The van der Waals surface area contributed by atoms with Crippen molar-refractivity contribution in [1.29, 1.82) is 0 Å². The van der Waals surface area contributed by atoms with Gasteiger partial charge in [-0.2, -0.15) is 21.6 Å². The molecule has 1 aliphatic rings. The highest BCUT2D eigenvalue weighted by Gasteiger charge is 2.48. The highest BCUT2D eigenvalue weighted by atomic mass is 32.2. The van der Waals surface area contributed by atoms with Crippen molar-refractivity contribution in [3.05, 3.63) is 35.5 Å². The van der Waals surface area contributed by atoms with E-state index < -0.39 is 15.6 Å². The first-order valence-electron chi connectivity index (χ1n) is 6.69.